The molecule has 1 saturated heterocycles. The number of likely N-dealkylation sites (tertiary alicyclic amines) is 1. The number of nitrogens with zero attached hydrogens (tertiary/aromatic N) is 1. The standard InChI is InChI=1S/C23H26N2O4/c26-22(16-28-20-7-2-1-3-8-20)25-12-10-17(11-13-25)23(27)24-19-14-18-6-4-5-9-21(18)29-15-19/h1-9,17,19H,10-16H2,(H,24,27). The van der Waals surface area contributed by atoms with Crippen LogP contribution in [-0.2, 0) is 16.0 Å². The molecule has 0 aromatic heterocycles. The van der Waals surface area contributed by atoms with E-state index in [2.05, 4.69) is 5.32 Å². The molecule has 2 aliphatic heterocycles. The summed E-state index contributed by atoms with van der Waals surface area (Å²) in [7, 11) is 0. The summed E-state index contributed by atoms with van der Waals surface area (Å²) in [6.07, 6.45) is 2.14. The van der Waals surface area contributed by atoms with Gasteiger partial charge in [-0.15, -0.1) is 0 Å². The normalized spacial score (nSPS) is 19.0. The van der Waals surface area contributed by atoms with Crippen LogP contribution in [0.25, 0.3) is 0 Å². The van der Waals surface area contributed by atoms with Crippen molar-refractivity contribution in [2.75, 3.05) is 26.3 Å². The zero-order valence-corrected chi connectivity index (χ0v) is 16.4. The Bertz CT molecular complexity index is 847. The average molecular weight is 394 g/mol. The van der Waals surface area contributed by atoms with Gasteiger partial charge in [0.2, 0.25) is 5.91 Å². The average Bonchev–Trinajstić information content (AvgIpc) is 2.78. The van der Waals surface area contributed by atoms with Crippen LogP contribution in [0.2, 0.25) is 0 Å². The monoisotopic (exact) mass is 394 g/mol. The van der Waals surface area contributed by atoms with E-state index in [4.69, 9.17) is 9.47 Å². The number of hydrogen-bond acceptors (Lipinski definition) is 4. The number of para-hydroxylation sites is 2. The van der Waals surface area contributed by atoms with Gasteiger partial charge < -0.3 is 19.7 Å². The number of benzene rings is 2. The zero-order chi connectivity index (χ0) is 20.1. The van der Waals surface area contributed by atoms with Crippen molar-refractivity contribution >= 4 is 11.8 Å². The van der Waals surface area contributed by atoms with E-state index >= 15 is 0 Å². The third kappa shape index (κ3) is 4.88. The number of piperidine rings is 1. The summed E-state index contributed by atoms with van der Waals surface area (Å²) in [6, 6.07) is 17.3. The number of rotatable bonds is 5. The summed E-state index contributed by atoms with van der Waals surface area (Å²) in [5, 5.41) is 3.13. The molecule has 0 bridgehead atoms. The van der Waals surface area contributed by atoms with E-state index in [1.54, 1.807) is 4.90 Å². The minimum Gasteiger partial charge on any atom is -0.491 e. The molecule has 0 spiro atoms. The van der Waals surface area contributed by atoms with Crippen molar-refractivity contribution in [3.8, 4) is 11.5 Å². The molecule has 152 valence electrons. The van der Waals surface area contributed by atoms with Crippen LogP contribution in [0.3, 0.4) is 0 Å². The summed E-state index contributed by atoms with van der Waals surface area (Å²) in [4.78, 5) is 26.8. The quantitative estimate of drug-likeness (QED) is 0.846. The highest BCUT2D eigenvalue weighted by Crippen LogP contribution is 2.25. The molecule has 1 fully saturated rings. The third-order valence-corrected chi connectivity index (χ3v) is 5.55. The summed E-state index contributed by atoms with van der Waals surface area (Å²) in [6.45, 7) is 1.69. The molecule has 0 saturated carbocycles. The van der Waals surface area contributed by atoms with Gasteiger partial charge in [-0.1, -0.05) is 36.4 Å². The summed E-state index contributed by atoms with van der Waals surface area (Å²) < 4.78 is 11.3. The van der Waals surface area contributed by atoms with Gasteiger partial charge in [0.15, 0.2) is 6.61 Å². The van der Waals surface area contributed by atoms with Crippen LogP contribution >= 0.6 is 0 Å². The van der Waals surface area contributed by atoms with Crippen molar-refractivity contribution in [2.24, 2.45) is 5.92 Å². The molecule has 2 amide bonds. The molecule has 1 atom stereocenters. The van der Waals surface area contributed by atoms with Gasteiger partial charge in [0, 0.05) is 19.0 Å². The number of fused-ring (bicyclic) bond motifs is 1. The van der Waals surface area contributed by atoms with Gasteiger partial charge in [0.1, 0.15) is 18.1 Å². The van der Waals surface area contributed by atoms with Gasteiger partial charge in [-0.3, -0.25) is 9.59 Å². The molecule has 29 heavy (non-hydrogen) atoms. The fourth-order valence-electron chi connectivity index (χ4n) is 3.88. The first-order valence-corrected chi connectivity index (χ1v) is 10.2. The lowest BCUT2D eigenvalue weighted by molar-refractivity contribution is -0.137. The first-order chi connectivity index (χ1) is 14.2. The highest BCUT2D eigenvalue weighted by atomic mass is 16.5. The molecule has 6 heteroatoms. The molecule has 4 rings (SSSR count). The lowest BCUT2D eigenvalue weighted by atomic mass is 9.94. The maximum atomic E-state index is 12.7. The Hall–Kier alpha value is -3.02. The molecule has 0 aliphatic carbocycles. The molecule has 6 nitrogen and oxygen atoms in total. The SMILES string of the molecule is O=C(NC1COc2ccccc2C1)C1CCN(C(=O)COc2ccccc2)CC1. The van der Waals surface area contributed by atoms with Gasteiger partial charge >= 0.3 is 0 Å². The first-order valence-electron chi connectivity index (χ1n) is 10.2. The number of ether oxygens (including phenoxy) is 2. The number of nitrogens with one attached hydrogen (secondary N) is 1. The number of amides is 2. The number of carbonyl (C=O) groups is 2. The van der Waals surface area contributed by atoms with Crippen LogP contribution in [-0.4, -0.2) is 49.1 Å². The van der Waals surface area contributed by atoms with Crippen LogP contribution in [0.1, 0.15) is 18.4 Å². The summed E-state index contributed by atoms with van der Waals surface area (Å²) in [5.41, 5.74) is 1.13. The van der Waals surface area contributed by atoms with Crippen molar-refractivity contribution in [3.63, 3.8) is 0 Å². The molecule has 0 radical (unpaired) electrons. The van der Waals surface area contributed by atoms with E-state index < -0.39 is 0 Å². The van der Waals surface area contributed by atoms with Gasteiger partial charge in [0.25, 0.3) is 5.91 Å². The van der Waals surface area contributed by atoms with Crippen LogP contribution in [0.15, 0.2) is 54.6 Å². The van der Waals surface area contributed by atoms with Gasteiger partial charge in [-0.2, -0.15) is 0 Å². The van der Waals surface area contributed by atoms with Crippen LogP contribution in [0, 0.1) is 5.92 Å². The van der Waals surface area contributed by atoms with Crippen molar-refractivity contribution in [1.29, 1.82) is 0 Å². The van der Waals surface area contributed by atoms with Crippen LogP contribution in [0.5, 0.6) is 11.5 Å². The Morgan fingerprint density at radius 1 is 1.03 bits per heavy atom. The van der Waals surface area contributed by atoms with Gasteiger partial charge in [0.05, 0.1) is 6.04 Å². The Balaban J connectivity index is 1.21. The highest BCUT2D eigenvalue weighted by molar-refractivity contribution is 5.81. The van der Waals surface area contributed by atoms with Crippen molar-refractivity contribution in [3.05, 3.63) is 60.2 Å². The highest BCUT2D eigenvalue weighted by Gasteiger charge is 2.29. The van der Waals surface area contributed by atoms with Gasteiger partial charge in [-0.25, -0.2) is 0 Å². The molecule has 1 unspecified atom stereocenters. The van der Waals surface area contributed by atoms with Crippen molar-refractivity contribution in [2.45, 2.75) is 25.3 Å². The van der Waals surface area contributed by atoms with Crippen molar-refractivity contribution < 1.29 is 19.1 Å². The maximum Gasteiger partial charge on any atom is 0.260 e. The maximum absolute atomic E-state index is 12.7. The van der Waals surface area contributed by atoms with E-state index in [1.807, 2.05) is 54.6 Å². The summed E-state index contributed by atoms with van der Waals surface area (Å²) in [5.74, 6) is 1.55. The molecule has 1 N–H and O–H groups in total. The smallest absolute Gasteiger partial charge is 0.260 e. The minimum atomic E-state index is -0.0636. The molecular formula is C23H26N2O4. The lowest BCUT2D eigenvalue weighted by Crippen LogP contribution is -2.48. The second kappa shape index (κ2) is 8.99. The zero-order valence-electron chi connectivity index (χ0n) is 16.4. The second-order valence-electron chi connectivity index (χ2n) is 7.59. The Kier molecular flexibility index (Phi) is 5.98. The lowest BCUT2D eigenvalue weighted by Gasteiger charge is -2.33. The van der Waals surface area contributed by atoms with E-state index in [9.17, 15) is 9.59 Å². The van der Waals surface area contributed by atoms with Crippen LogP contribution < -0.4 is 14.8 Å². The Labute approximate surface area is 170 Å². The second-order valence-corrected chi connectivity index (χ2v) is 7.59. The first kappa shape index (κ1) is 19.3. The van der Waals surface area contributed by atoms with Crippen molar-refractivity contribution in [1.82, 2.24) is 10.2 Å². The molecular weight excluding hydrogens is 368 g/mol. The third-order valence-electron chi connectivity index (χ3n) is 5.55. The number of hydrogen-bond donors (Lipinski definition) is 1. The summed E-state index contributed by atoms with van der Waals surface area (Å²) >= 11 is 0. The number of carbonyl (C=O) groups excluding carboxylic acids is 2. The topological polar surface area (TPSA) is 67.9 Å². The van der Waals surface area contributed by atoms with E-state index in [0.29, 0.717) is 38.3 Å². The predicted molar refractivity (Wildman–Crippen MR) is 109 cm³/mol. The Morgan fingerprint density at radius 2 is 1.76 bits per heavy atom. The predicted octanol–water partition coefficient (Wildman–Crippen LogP) is 2.42. The molecule has 2 aromatic rings. The fourth-order valence-corrected chi connectivity index (χ4v) is 3.88. The largest absolute Gasteiger partial charge is 0.491 e. The van der Waals surface area contributed by atoms with E-state index in [-0.39, 0.29) is 30.4 Å². The van der Waals surface area contributed by atoms with Gasteiger partial charge in [-0.05, 0) is 43.0 Å². The Morgan fingerprint density at radius 3 is 2.55 bits per heavy atom. The van der Waals surface area contributed by atoms with Crippen LogP contribution in [0.4, 0.5) is 0 Å². The minimum absolute atomic E-state index is 0.00339. The molecule has 2 heterocycles. The fraction of sp³-hybridized carbons (Fsp3) is 0.391. The molecule has 2 aromatic carbocycles. The molecule has 2 aliphatic rings. The van der Waals surface area contributed by atoms with E-state index in [1.165, 1.54) is 0 Å². The van der Waals surface area contributed by atoms with E-state index in [0.717, 1.165) is 17.7 Å².